The molecule has 2 aromatic rings. The highest BCUT2D eigenvalue weighted by Crippen LogP contribution is 2.56. The normalized spacial score (nSPS) is 14.9. The van der Waals surface area contributed by atoms with Crippen molar-refractivity contribution in [2.24, 2.45) is 0 Å². The smallest absolute Gasteiger partial charge is 0.194 e. The first-order valence-electron chi connectivity index (χ1n) is 9.29. The van der Waals surface area contributed by atoms with E-state index in [9.17, 15) is 52.7 Å². The molecular formula is C21H16F12. The van der Waals surface area contributed by atoms with E-state index in [1.165, 1.54) is 12.1 Å². The van der Waals surface area contributed by atoms with Crippen molar-refractivity contribution < 1.29 is 52.7 Å². The molecule has 0 saturated carbocycles. The van der Waals surface area contributed by atoms with Gasteiger partial charge in [0.2, 0.25) is 0 Å². The first kappa shape index (κ1) is 26.8. The Morgan fingerprint density at radius 3 is 1.48 bits per heavy atom. The van der Waals surface area contributed by atoms with E-state index in [-0.39, 0.29) is 17.9 Å². The van der Waals surface area contributed by atoms with E-state index in [2.05, 4.69) is 0 Å². The molecule has 2 aromatic carbocycles. The highest BCUT2D eigenvalue weighted by atomic mass is 19.4. The summed E-state index contributed by atoms with van der Waals surface area (Å²) in [7, 11) is 0. The van der Waals surface area contributed by atoms with Gasteiger partial charge >= 0.3 is 30.1 Å². The van der Waals surface area contributed by atoms with Gasteiger partial charge in [0.15, 0.2) is 0 Å². The summed E-state index contributed by atoms with van der Waals surface area (Å²) in [4.78, 5) is 0. The van der Waals surface area contributed by atoms with Gasteiger partial charge in [0.1, 0.15) is 0 Å². The van der Waals surface area contributed by atoms with Gasteiger partial charge in [-0.3, -0.25) is 0 Å². The summed E-state index contributed by atoms with van der Waals surface area (Å²) in [6.07, 6.45) is -11.0. The van der Waals surface area contributed by atoms with Crippen LogP contribution in [0.15, 0.2) is 48.5 Å². The Balaban J connectivity index is 2.12. The minimum absolute atomic E-state index is 0.142. The summed E-state index contributed by atoms with van der Waals surface area (Å²) in [6, 6.07) is 6.73. The van der Waals surface area contributed by atoms with Gasteiger partial charge in [-0.05, 0) is 42.0 Å². The van der Waals surface area contributed by atoms with Gasteiger partial charge in [0.05, 0.1) is 5.56 Å². The van der Waals surface area contributed by atoms with Crippen LogP contribution in [0.2, 0.25) is 0 Å². The van der Waals surface area contributed by atoms with Gasteiger partial charge in [-0.1, -0.05) is 43.3 Å². The Kier molecular flexibility index (Phi) is 7.12. The molecule has 1 unspecified atom stereocenters. The van der Waals surface area contributed by atoms with E-state index in [1.54, 1.807) is 6.92 Å². The van der Waals surface area contributed by atoms with Crippen LogP contribution in [0.25, 0.3) is 0 Å². The molecule has 2 rings (SSSR count). The SMILES string of the molecule is CC(CCc1ccc(C(F)(F)C(F)(F)C(F)(F)C(F)(F)F)cc1)c1ccc(C(F)(F)F)cc1. The summed E-state index contributed by atoms with van der Waals surface area (Å²) in [6.45, 7) is 1.67. The Morgan fingerprint density at radius 1 is 0.606 bits per heavy atom. The Morgan fingerprint density at radius 2 is 1.06 bits per heavy atom. The van der Waals surface area contributed by atoms with E-state index in [4.69, 9.17) is 0 Å². The predicted octanol–water partition coefficient (Wildman–Crippen LogP) is 8.37. The van der Waals surface area contributed by atoms with E-state index in [0.29, 0.717) is 24.1 Å². The van der Waals surface area contributed by atoms with Crippen LogP contribution < -0.4 is 0 Å². The van der Waals surface area contributed by atoms with Gasteiger partial charge < -0.3 is 0 Å². The second kappa shape index (κ2) is 8.75. The average Bonchev–Trinajstić information content (AvgIpc) is 2.70. The zero-order chi connectivity index (χ0) is 25.5. The third-order valence-electron chi connectivity index (χ3n) is 5.13. The topological polar surface area (TPSA) is 0 Å². The van der Waals surface area contributed by atoms with Crippen molar-refractivity contribution in [2.75, 3.05) is 0 Å². The van der Waals surface area contributed by atoms with E-state index < -0.39 is 41.2 Å². The van der Waals surface area contributed by atoms with Gasteiger partial charge in [0.25, 0.3) is 0 Å². The molecule has 0 aliphatic carbocycles. The molecule has 0 spiro atoms. The number of benzene rings is 2. The molecular weight excluding hydrogens is 480 g/mol. The summed E-state index contributed by atoms with van der Waals surface area (Å²) in [5.74, 6) is -19.8. The first-order chi connectivity index (χ1) is 14.8. The number of aryl methyl sites for hydroxylation is 1. The van der Waals surface area contributed by atoms with Crippen LogP contribution in [-0.4, -0.2) is 18.0 Å². The number of hydrogen-bond acceptors (Lipinski definition) is 0. The van der Waals surface area contributed by atoms with Crippen LogP contribution in [0, 0.1) is 0 Å². The molecule has 0 radical (unpaired) electrons. The van der Waals surface area contributed by atoms with Crippen LogP contribution in [0.4, 0.5) is 52.7 Å². The average molecular weight is 496 g/mol. The second-order valence-electron chi connectivity index (χ2n) is 7.48. The quantitative estimate of drug-likeness (QED) is 0.338. The van der Waals surface area contributed by atoms with Crippen molar-refractivity contribution in [1.29, 1.82) is 0 Å². The van der Waals surface area contributed by atoms with Gasteiger partial charge in [-0.15, -0.1) is 0 Å². The molecule has 0 aliphatic heterocycles. The Labute approximate surface area is 180 Å². The van der Waals surface area contributed by atoms with Crippen LogP contribution in [-0.2, 0) is 18.5 Å². The fraction of sp³-hybridized carbons (Fsp3) is 0.429. The van der Waals surface area contributed by atoms with Crippen molar-refractivity contribution in [3.63, 3.8) is 0 Å². The largest absolute Gasteiger partial charge is 0.460 e. The van der Waals surface area contributed by atoms with Crippen LogP contribution >= 0.6 is 0 Å². The molecule has 0 aromatic heterocycles. The van der Waals surface area contributed by atoms with Gasteiger partial charge in [0, 0.05) is 5.56 Å². The lowest BCUT2D eigenvalue weighted by molar-refractivity contribution is -0.399. The molecule has 0 saturated heterocycles. The number of halogens is 12. The lowest BCUT2D eigenvalue weighted by atomic mass is 9.92. The summed E-state index contributed by atoms with van der Waals surface area (Å²) in [5.41, 5.74) is -1.75. The van der Waals surface area contributed by atoms with Crippen LogP contribution in [0.5, 0.6) is 0 Å². The lowest BCUT2D eigenvalue weighted by Gasteiger charge is -2.33. The second-order valence-corrected chi connectivity index (χ2v) is 7.48. The number of rotatable bonds is 7. The maximum Gasteiger partial charge on any atom is 0.460 e. The van der Waals surface area contributed by atoms with Crippen LogP contribution in [0.3, 0.4) is 0 Å². The highest BCUT2D eigenvalue weighted by molar-refractivity contribution is 5.30. The zero-order valence-electron chi connectivity index (χ0n) is 16.6. The van der Waals surface area contributed by atoms with Crippen molar-refractivity contribution in [3.05, 3.63) is 70.8 Å². The molecule has 184 valence electrons. The Hall–Kier alpha value is -2.40. The maximum absolute atomic E-state index is 13.9. The van der Waals surface area contributed by atoms with Crippen LogP contribution in [0.1, 0.15) is 41.5 Å². The highest BCUT2D eigenvalue weighted by Gasteiger charge is 2.82. The molecule has 0 aliphatic rings. The summed E-state index contributed by atoms with van der Waals surface area (Å²) < 4.78 is 155. The maximum atomic E-state index is 13.9. The van der Waals surface area contributed by atoms with Gasteiger partial charge in [-0.2, -0.15) is 52.7 Å². The molecule has 12 heteroatoms. The van der Waals surface area contributed by atoms with Crippen molar-refractivity contribution >= 4 is 0 Å². The molecule has 0 nitrogen and oxygen atoms in total. The molecule has 0 heterocycles. The third kappa shape index (κ3) is 5.24. The molecule has 1 atom stereocenters. The zero-order valence-corrected chi connectivity index (χ0v) is 16.6. The summed E-state index contributed by atoms with van der Waals surface area (Å²) >= 11 is 0. The lowest BCUT2D eigenvalue weighted by Crippen LogP contribution is -2.59. The first-order valence-corrected chi connectivity index (χ1v) is 9.29. The minimum atomic E-state index is -6.97. The molecule has 0 amide bonds. The van der Waals surface area contributed by atoms with Crippen molar-refractivity contribution in [2.45, 2.75) is 55.8 Å². The molecule has 0 N–H and O–H groups in total. The monoisotopic (exact) mass is 496 g/mol. The summed E-state index contributed by atoms with van der Waals surface area (Å²) in [5, 5.41) is 0. The van der Waals surface area contributed by atoms with E-state index in [1.807, 2.05) is 0 Å². The standard InChI is InChI=1S/C21H16F12/c1-12(14-6-10-16(11-7-14)18(24,25)26)2-3-13-4-8-15(9-5-13)17(22,23)19(27,28)20(29,30)21(31,32)33/h4-12H,2-3H2,1H3. The number of alkyl halides is 12. The minimum Gasteiger partial charge on any atom is -0.194 e. The molecule has 0 bridgehead atoms. The van der Waals surface area contributed by atoms with E-state index >= 15 is 0 Å². The molecule has 0 fully saturated rings. The Bertz CT molecular complexity index is 922. The fourth-order valence-corrected chi connectivity index (χ4v) is 2.99. The number of hydrogen-bond donors (Lipinski definition) is 0. The third-order valence-corrected chi connectivity index (χ3v) is 5.13. The van der Waals surface area contributed by atoms with E-state index in [0.717, 1.165) is 24.3 Å². The fourth-order valence-electron chi connectivity index (χ4n) is 2.99. The van der Waals surface area contributed by atoms with Gasteiger partial charge in [-0.25, -0.2) is 0 Å². The molecule has 33 heavy (non-hydrogen) atoms. The van der Waals surface area contributed by atoms with Crippen molar-refractivity contribution in [3.8, 4) is 0 Å². The van der Waals surface area contributed by atoms with Crippen molar-refractivity contribution in [1.82, 2.24) is 0 Å². The predicted molar refractivity (Wildman–Crippen MR) is 94.5 cm³/mol.